The summed E-state index contributed by atoms with van der Waals surface area (Å²) in [6, 6.07) is 5.47. The summed E-state index contributed by atoms with van der Waals surface area (Å²) in [5.41, 5.74) is 3.00. The van der Waals surface area contributed by atoms with E-state index in [0.717, 1.165) is 31.2 Å². The summed E-state index contributed by atoms with van der Waals surface area (Å²) in [5.74, 6) is -11.2. The Balaban J connectivity index is 1.28. The third-order valence-electron chi connectivity index (χ3n) is 9.91. The fourth-order valence-corrected chi connectivity index (χ4v) is 8.54. The van der Waals surface area contributed by atoms with Crippen LogP contribution in [0.2, 0.25) is 0 Å². The van der Waals surface area contributed by atoms with Gasteiger partial charge in [-0.05, 0) is 97.3 Å². The Morgan fingerprint density at radius 1 is 1.10 bits per heavy atom. The lowest BCUT2D eigenvalue weighted by Gasteiger charge is -2.56. The molecule has 2 N–H and O–H groups in total. The minimum absolute atomic E-state index is 0.0234. The third-order valence-corrected chi connectivity index (χ3v) is 10.9. The van der Waals surface area contributed by atoms with Crippen LogP contribution in [0.15, 0.2) is 30.9 Å². The maximum atomic E-state index is 13.5. The molecule has 1 aromatic rings. The standard InChI is InChI=1S/C29H38F7NO4S/c1-3-26-16-12-19-18-20(10-11-21(19)22(26)13-15-25(2)14-7-8-23(25)26)37-42(39,40)41-17-6-4-5-9-24(38)27(30,31)28(32,33)29(34,35)36/h3,10-11,18,22-24,37-38H,1,4-9,12-17H2,2H3/t22-,23-,24-,25+,26-/m1/s1. The molecular weight excluding hydrogens is 591 g/mol. The number of hydrogen-bond acceptors (Lipinski definition) is 4. The summed E-state index contributed by atoms with van der Waals surface area (Å²) in [6.07, 6.45) is -1.40. The van der Waals surface area contributed by atoms with Gasteiger partial charge in [-0.3, -0.25) is 8.91 Å². The fourth-order valence-electron chi connectivity index (χ4n) is 7.73. The second kappa shape index (κ2) is 11.6. The highest BCUT2D eigenvalue weighted by Crippen LogP contribution is 2.67. The highest BCUT2D eigenvalue weighted by Gasteiger charge is 2.75. The maximum Gasteiger partial charge on any atom is 0.459 e. The van der Waals surface area contributed by atoms with Crippen molar-refractivity contribution in [2.75, 3.05) is 11.3 Å². The van der Waals surface area contributed by atoms with E-state index in [1.54, 1.807) is 6.07 Å². The summed E-state index contributed by atoms with van der Waals surface area (Å²) in [5, 5.41) is 9.28. The van der Waals surface area contributed by atoms with Crippen LogP contribution in [0.5, 0.6) is 0 Å². The first-order valence-electron chi connectivity index (χ1n) is 14.3. The van der Waals surface area contributed by atoms with Crippen molar-refractivity contribution < 1.29 is 48.4 Å². The molecule has 0 amide bonds. The normalized spacial score (nSPS) is 28.9. The molecule has 13 heteroatoms. The van der Waals surface area contributed by atoms with Gasteiger partial charge in [-0.2, -0.15) is 39.2 Å². The Labute approximate surface area is 242 Å². The van der Waals surface area contributed by atoms with Gasteiger partial charge < -0.3 is 5.11 Å². The van der Waals surface area contributed by atoms with E-state index in [1.807, 2.05) is 12.1 Å². The SMILES string of the molecule is C=C[C@@]12CCc3cc(NS(=O)(=O)OCCCCC[C@@H](O)C(F)(F)C(F)(F)C(F)(F)F)ccc3[C@H]1CC[C@]1(C)CCC[C@H]12. The molecule has 42 heavy (non-hydrogen) atoms. The second-order valence-corrected chi connectivity index (χ2v) is 13.7. The van der Waals surface area contributed by atoms with E-state index in [1.165, 1.54) is 24.8 Å². The van der Waals surface area contributed by atoms with E-state index >= 15 is 0 Å². The van der Waals surface area contributed by atoms with Crippen LogP contribution in [0.4, 0.5) is 36.4 Å². The van der Waals surface area contributed by atoms with E-state index in [4.69, 9.17) is 4.18 Å². The lowest BCUT2D eigenvalue weighted by atomic mass is 9.47. The van der Waals surface area contributed by atoms with Crippen molar-refractivity contribution in [3.63, 3.8) is 0 Å². The van der Waals surface area contributed by atoms with Gasteiger partial charge >= 0.3 is 28.3 Å². The topological polar surface area (TPSA) is 75.6 Å². The quantitative estimate of drug-likeness (QED) is 0.140. The van der Waals surface area contributed by atoms with Crippen LogP contribution < -0.4 is 4.72 Å². The lowest BCUT2D eigenvalue weighted by molar-refractivity contribution is -0.371. The molecule has 3 aliphatic rings. The van der Waals surface area contributed by atoms with E-state index in [-0.39, 0.29) is 31.3 Å². The summed E-state index contributed by atoms with van der Waals surface area (Å²) >= 11 is 0. The highest BCUT2D eigenvalue weighted by atomic mass is 32.2. The minimum atomic E-state index is -6.52. The van der Waals surface area contributed by atoms with E-state index in [9.17, 15) is 44.3 Å². The molecular formula is C29H38F7NO4S. The molecule has 1 aromatic carbocycles. The van der Waals surface area contributed by atoms with Crippen molar-refractivity contribution in [3.8, 4) is 0 Å². The molecule has 0 heterocycles. The van der Waals surface area contributed by atoms with Crippen molar-refractivity contribution >= 4 is 16.0 Å². The number of nitrogens with one attached hydrogen (secondary N) is 1. The zero-order chi connectivity index (χ0) is 31.2. The average molecular weight is 630 g/mol. The molecule has 2 saturated carbocycles. The Hall–Kier alpha value is -1.86. The zero-order valence-corrected chi connectivity index (χ0v) is 24.3. The number of hydrogen-bond donors (Lipinski definition) is 2. The number of aryl methyl sites for hydroxylation is 1. The van der Waals surface area contributed by atoms with Gasteiger partial charge in [-0.25, -0.2) is 0 Å². The van der Waals surface area contributed by atoms with Crippen LogP contribution in [-0.2, 0) is 20.9 Å². The van der Waals surface area contributed by atoms with Crippen molar-refractivity contribution in [1.29, 1.82) is 0 Å². The average Bonchev–Trinajstić information content (AvgIpc) is 3.31. The second-order valence-electron chi connectivity index (χ2n) is 12.4. The van der Waals surface area contributed by atoms with Crippen LogP contribution in [0.1, 0.15) is 88.2 Å². The highest BCUT2D eigenvalue weighted by molar-refractivity contribution is 7.88. The molecule has 5 atom stereocenters. The van der Waals surface area contributed by atoms with Crippen molar-refractivity contribution in [2.45, 2.75) is 108 Å². The van der Waals surface area contributed by atoms with Gasteiger partial charge in [-0.1, -0.05) is 38.3 Å². The largest absolute Gasteiger partial charge is 0.459 e. The number of alkyl halides is 7. The molecule has 0 saturated heterocycles. The van der Waals surface area contributed by atoms with E-state index < -0.39 is 40.9 Å². The maximum absolute atomic E-state index is 13.5. The molecule has 0 aromatic heterocycles. The first-order valence-corrected chi connectivity index (χ1v) is 15.7. The van der Waals surface area contributed by atoms with Crippen LogP contribution in [0, 0.1) is 16.7 Å². The molecule has 0 spiro atoms. The van der Waals surface area contributed by atoms with Crippen LogP contribution in [0.3, 0.4) is 0 Å². The van der Waals surface area contributed by atoms with Crippen LogP contribution in [0.25, 0.3) is 0 Å². The molecule has 2 fully saturated rings. The first-order chi connectivity index (χ1) is 19.4. The van der Waals surface area contributed by atoms with Gasteiger partial charge in [0.15, 0.2) is 0 Å². The number of anilines is 1. The number of allylic oxidation sites excluding steroid dienone is 1. The first kappa shape index (κ1) is 33.0. The smallest absolute Gasteiger partial charge is 0.387 e. The number of aliphatic hydroxyl groups excluding tert-OH is 1. The van der Waals surface area contributed by atoms with Crippen LogP contribution in [-0.4, -0.2) is 44.3 Å². The Kier molecular flexibility index (Phi) is 9.10. The lowest BCUT2D eigenvalue weighted by Crippen LogP contribution is -2.57. The summed E-state index contributed by atoms with van der Waals surface area (Å²) in [6.45, 7) is 6.27. The summed E-state index contributed by atoms with van der Waals surface area (Å²) in [7, 11) is -4.24. The predicted octanol–water partition coefficient (Wildman–Crippen LogP) is 7.92. The van der Waals surface area contributed by atoms with Gasteiger partial charge in [0.2, 0.25) is 0 Å². The van der Waals surface area contributed by atoms with E-state index in [2.05, 4.69) is 24.3 Å². The third kappa shape index (κ3) is 5.94. The molecule has 0 bridgehead atoms. The number of unbranched alkanes of at least 4 members (excludes halogenated alkanes) is 2. The number of rotatable bonds is 12. The Morgan fingerprint density at radius 3 is 2.48 bits per heavy atom. The summed E-state index contributed by atoms with van der Waals surface area (Å²) in [4.78, 5) is 0. The molecule has 0 aliphatic heterocycles. The number of halogens is 7. The van der Waals surface area contributed by atoms with Crippen molar-refractivity contribution in [1.82, 2.24) is 0 Å². The van der Waals surface area contributed by atoms with Gasteiger partial charge in [0.1, 0.15) is 6.10 Å². The van der Waals surface area contributed by atoms with Gasteiger partial charge in [0.25, 0.3) is 0 Å². The Morgan fingerprint density at radius 2 is 1.81 bits per heavy atom. The molecule has 238 valence electrons. The minimum Gasteiger partial charge on any atom is -0.387 e. The van der Waals surface area contributed by atoms with E-state index in [0.29, 0.717) is 22.9 Å². The van der Waals surface area contributed by atoms with Crippen molar-refractivity contribution in [2.24, 2.45) is 16.7 Å². The molecule has 0 radical (unpaired) electrons. The molecule has 4 rings (SSSR count). The number of fused-ring (bicyclic) bond motifs is 5. The molecule has 0 unspecified atom stereocenters. The van der Waals surface area contributed by atoms with Gasteiger partial charge in [0, 0.05) is 0 Å². The molecule has 5 nitrogen and oxygen atoms in total. The van der Waals surface area contributed by atoms with Gasteiger partial charge in [0.05, 0.1) is 12.3 Å². The molecule has 3 aliphatic carbocycles. The summed E-state index contributed by atoms with van der Waals surface area (Å²) < 4.78 is 122. The Bertz CT molecular complexity index is 1250. The van der Waals surface area contributed by atoms with Gasteiger partial charge in [-0.15, -0.1) is 6.58 Å². The van der Waals surface area contributed by atoms with Crippen LogP contribution >= 0.6 is 0 Å². The monoisotopic (exact) mass is 629 g/mol. The number of benzene rings is 1. The zero-order valence-electron chi connectivity index (χ0n) is 23.5. The van der Waals surface area contributed by atoms with Crippen molar-refractivity contribution in [3.05, 3.63) is 42.0 Å². The number of aliphatic hydroxyl groups is 1. The fraction of sp³-hybridized carbons (Fsp3) is 0.724. The predicted molar refractivity (Wildman–Crippen MR) is 144 cm³/mol.